The van der Waals surface area contributed by atoms with Gasteiger partial charge in [-0.15, -0.1) is 0 Å². The third-order valence-electron chi connectivity index (χ3n) is 2.84. The Balaban J connectivity index is 2.23. The summed E-state index contributed by atoms with van der Waals surface area (Å²) in [6.07, 6.45) is 0.659. The van der Waals surface area contributed by atoms with Crippen molar-refractivity contribution in [2.45, 2.75) is 19.4 Å². The highest BCUT2D eigenvalue weighted by atomic mass is 79.9. The minimum atomic E-state index is -0.242. The smallest absolute Gasteiger partial charge is 0.169 e. The molecular weight excluding hydrogens is 377 g/mol. The van der Waals surface area contributed by atoms with E-state index in [9.17, 15) is 4.39 Å². The Labute approximate surface area is 128 Å². The molecule has 2 nitrogen and oxygen atoms in total. The van der Waals surface area contributed by atoms with Crippen LogP contribution >= 0.6 is 31.9 Å². The first kappa shape index (κ1) is 14.8. The van der Waals surface area contributed by atoms with Crippen LogP contribution in [0, 0.1) is 5.82 Å². The molecule has 0 aliphatic heterocycles. The molecule has 0 spiro atoms. The minimum absolute atomic E-state index is 0.0226. The highest BCUT2D eigenvalue weighted by molar-refractivity contribution is 9.10. The van der Waals surface area contributed by atoms with Gasteiger partial charge in [0, 0.05) is 0 Å². The van der Waals surface area contributed by atoms with Gasteiger partial charge < -0.3 is 9.73 Å². The highest BCUT2D eigenvalue weighted by Crippen LogP contribution is 2.28. The first-order valence-electron chi connectivity index (χ1n) is 6.03. The Morgan fingerprint density at radius 3 is 2.68 bits per heavy atom. The molecule has 0 saturated carbocycles. The van der Waals surface area contributed by atoms with Gasteiger partial charge in [-0.1, -0.05) is 19.1 Å². The third kappa shape index (κ3) is 3.68. The first-order chi connectivity index (χ1) is 9.11. The van der Waals surface area contributed by atoms with Crippen LogP contribution < -0.4 is 5.32 Å². The fourth-order valence-electron chi connectivity index (χ4n) is 1.96. The summed E-state index contributed by atoms with van der Waals surface area (Å²) in [5, 5.41) is 3.35. The van der Waals surface area contributed by atoms with Crippen molar-refractivity contribution in [1.29, 1.82) is 0 Å². The molecule has 1 aromatic carbocycles. The van der Waals surface area contributed by atoms with Crippen LogP contribution in [-0.4, -0.2) is 6.54 Å². The standard InChI is InChI=1S/C14H14Br2FNO/c1-2-18-11(12-6-7-13(15)19-12)8-9-4-3-5-10(17)14(9)16/h3-7,11,18H,2,8H2,1H3. The molecule has 1 heterocycles. The van der Waals surface area contributed by atoms with E-state index in [2.05, 4.69) is 37.2 Å². The number of rotatable bonds is 5. The van der Waals surface area contributed by atoms with Crippen molar-refractivity contribution in [3.63, 3.8) is 0 Å². The molecule has 19 heavy (non-hydrogen) atoms. The summed E-state index contributed by atoms with van der Waals surface area (Å²) in [6.45, 7) is 2.85. The molecule has 1 N–H and O–H groups in total. The van der Waals surface area contributed by atoms with Gasteiger partial charge in [-0.3, -0.25) is 0 Å². The predicted octanol–water partition coefficient (Wildman–Crippen LogP) is 4.84. The van der Waals surface area contributed by atoms with E-state index < -0.39 is 0 Å². The van der Waals surface area contributed by atoms with E-state index in [1.54, 1.807) is 6.07 Å². The molecule has 0 radical (unpaired) electrons. The molecule has 0 aliphatic carbocycles. The number of hydrogen-bond acceptors (Lipinski definition) is 2. The topological polar surface area (TPSA) is 25.2 Å². The molecule has 1 aromatic heterocycles. The summed E-state index contributed by atoms with van der Waals surface area (Å²) in [5.74, 6) is 0.596. The minimum Gasteiger partial charge on any atom is -0.453 e. The van der Waals surface area contributed by atoms with Crippen molar-refractivity contribution in [2.24, 2.45) is 0 Å². The monoisotopic (exact) mass is 389 g/mol. The lowest BCUT2D eigenvalue weighted by molar-refractivity contribution is 0.404. The summed E-state index contributed by atoms with van der Waals surface area (Å²) in [4.78, 5) is 0. The number of benzene rings is 1. The van der Waals surface area contributed by atoms with Gasteiger partial charge in [-0.25, -0.2) is 4.39 Å². The van der Waals surface area contributed by atoms with Gasteiger partial charge in [0.25, 0.3) is 0 Å². The maximum absolute atomic E-state index is 13.5. The number of hydrogen-bond donors (Lipinski definition) is 1. The molecule has 0 fully saturated rings. The van der Waals surface area contributed by atoms with Gasteiger partial charge in [0.1, 0.15) is 11.6 Å². The van der Waals surface area contributed by atoms with E-state index in [1.807, 2.05) is 25.1 Å². The van der Waals surface area contributed by atoms with Crippen molar-refractivity contribution < 1.29 is 8.81 Å². The van der Waals surface area contributed by atoms with Gasteiger partial charge in [-0.2, -0.15) is 0 Å². The summed E-state index contributed by atoms with van der Waals surface area (Å²) in [7, 11) is 0. The van der Waals surface area contributed by atoms with E-state index >= 15 is 0 Å². The molecule has 102 valence electrons. The largest absolute Gasteiger partial charge is 0.453 e. The molecular formula is C14H14Br2FNO. The lowest BCUT2D eigenvalue weighted by Crippen LogP contribution is -2.22. The highest BCUT2D eigenvalue weighted by Gasteiger charge is 2.17. The second-order valence-corrected chi connectivity index (χ2v) is 5.74. The lowest BCUT2D eigenvalue weighted by Gasteiger charge is -2.16. The zero-order chi connectivity index (χ0) is 13.8. The Kier molecular flexibility index (Phi) is 5.19. The molecule has 2 aromatic rings. The fraction of sp³-hybridized carbons (Fsp3) is 0.286. The van der Waals surface area contributed by atoms with Crippen LogP contribution in [0.25, 0.3) is 0 Å². The van der Waals surface area contributed by atoms with Gasteiger partial charge in [0.2, 0.25) is 0 Å². The molecule has 0 aliphatic rings. The molecule has 1 atom stereocenters. The van der Waals surface area contributed by atoms with Crippen molar-refractivity contribution in [2.75, 3.05) is 6.54 Å². The quantitative estimate of drug-likeness (QED) is 0.790. The Hall–Kier alpha value is -0.650. The zero-order valence-electron chi connectivity index (χ0n) is 10.4. The van der Waals surface area contributed by atoms with E-state index in [4.69, 9.17) is 4.42 Å². The van der Waals surface area contributed by atoms with Gasteiger partial charge in [0.15, 0.2) is 4.67 Å². The summed E-state index contributed by atoms with van der Waals surface area (Å²) in [6, 6.07) is 8.88. The maximum atomic E-state index is 13.5. The number of halogens is 3. The number of nitrogens with one attached hydrogen (secondary N) is 1. The Morgan fingerprint density at radius 2 is 2.05 bits per heavy atom. The second-order valence-electron chi connectivity index (χ2n) is 4.17. The zero-order valence-corrected chi connectivity index (χ0v) is 13.6. The molecule has 0 amide bonds. The maximum Gasteiger partial charge on any atom is 0.169 e. The van der Waals surface area contributed by atoms with Crippen LogP contribution in [0.15, 0.2) is 43.9 Å². The molecule has 0 saturated heterocycles. The summed E-state index contributed by atoms with van der Waals surface area (Å²) in [5.41, 5.74) is 0.915. The second kappa shape index (κ2) is 6.68. The van der Waals surface area contributed by atoms with Crippen molar-refractivity contribution in [1.82, 2.24) is 5.32 Å². The third-order valence-corrected chi connectivity index (χ3v) is 4.16. The van der Waals surface area contributed by atoms with Crippen molar-refractivity contribution in [3.05, 3.63) is 56.6 Å². The van der Waals surface area contributed by atoms with Crippen LogP contribution in [0.3, 0.4) is 0 Å². The fourth-order valence-corrected chi connectivity index (χ4v) is 2.71. The van der Waals surface area contributed by atoms with Crippen molar-refractivity contribution >= 4 is 31.9 Å². The Morgan fingerprint density at radius 1 is 1.26 bits per heavy atom. The molecule has 2 rings (SSSR count). The average Bonchev–Trinajstić information content (AvgIpc) is 2.81. The summed E-state index contributed by atoms with van der Waals surface area (Å²) >= 11 is 6.59. The number of likely N-dealkylation sites (N-methyl/N-ethyl adjacent to an activating group) is 1. The summed E-state index contributed by atoms with van der Waals surface area (Å²) < 4.78 is 20.3. The lowest BCUT2D eigenvalue weighted by atomic mass is 10.0. The van der Waals surface area contributed by atoms with E-state index in [-0.39, 0.29) is 11.9 Å². The van der Waals surface area contributed by atoms with Gasteiger partial charge in [0.05, 0.1) is 10.5 Å². The molecule has 0 bridgehead atoms. The van der Waals surface area contributed by atoms with Crippen LogP contribution in [0.5, 0.6) is 0 Å². The van der Waals surface area contributed by atoms with E-state index in [0.717, 1.165) is 17.9 Å². The van der Waals surface area contributed by atoms with Gasteiger partial charge >= 0.3 is 0 Å². The van der Waals surface area contributed by atoms with Crippen LogP contribution in [-0.2, 0) is 6.42 Å². The van der Waals surface area contributed by atoms with Crippen LogP contribution in [0.2, 0.25) is 0 Å². The normalized spacial score (nSPS) is 12.6. The van der Waals surface area contributed by atoms with Crippen LogP contribution in [0.1, 0.15) is 24.3 Å². The molecule has 1 unspecified atom stereocenters. The number of furan rings is 1. The van der Waals surface area contributed by atoms with Gasteiger partial charge in [-0.05, 0) is 68.6 Å². The predicted molar refractivity (Wildman–Crippen MR) is 80.6 cm³/mol. The van der Waals surface area contributed by atoms with E-state index in [0.29, 0.717) is 15.6 Å². The SMILES string of the molecule is CCNC(Cc1cccc(F)c1Br)c1ccc(Br)o1. The molecule has 5 heteroatoms. The average molecular weight is 391 g/mol. The van der Waals surface area contributed by atoms with Crippen molar-refractivity contribution in [3.8, 4) is 0 Å². The van der Waals surface area contributed by atoms with Crippen LogP contribution in [0.4, 0.5) is 4.39 Å². The Bertz CT molecular complexity index is 556. The first-order valence-corrected chi connectivity index (χ1v) is 7.62. The van der Waals surface area contributed by atoms with E-state index in [1.165, 1.54) is 6.07 Å².